The van der Waals surface area contributed by atoms with Gasteiger partial charge in [-0.1, -0.05) is 0 Å². The number of ether oxygens (including phenoxy) is 2. The van der Waals surface area contributed by atoms with Crippen LogP contribution in [0.5, 0.6) is 0 Å². The molecule has 0 rings (SSSR count). The monoisotopic (exact) mass is 420 g/mol. The molecule has 0 aliphatic carbocycles. The van der Waals surface area contributed by atoms with Gasteiger partial charge in [-0.25, -0.2) is 0 Å². The van der Waals surface area contributed by atoms with E-state index in [-0.39, 0.29) is 0 Å². The van der Waals surface area contributed by atoms with Gasteiger partial charge in [0.15, 0.2) is 0 Å². The van der Waals surface area contributed by atoms with E-state index in [1.807, 2.05) is 0 Å². The quantitative estimate of drug-likeness (QED) is 0.336. The highest BCUT2D eigenvalue weighted by Gasteiger charge is 2.78. The van der Waals surface area contributed by atoms with Gasteiger partial charge in [0.05, 0.1) is 6.10 Å². The molecule has 15 heteroatoms. The summed E-state index contributed by atoms with van der Waals surface area (Å²) in [6, 6.07) is 0. The van der Waals surface area contributed by atoms with Crippen LogP contribution in [0.15, 0.2) is 0 Å². The predicted molar refractivity (Wildman–Crippen MR) is 63.3 cm³/mol. The lowest BCUT2D eigenvalue weighted by Gasteiger charge is -2.34. The topological polar surface area (TPSA) is 18.5 Å². The largest absolute Gasteiger partial charge is 0.476 e. The van der Waals surface area contributed by atoms with Crippen LogP contribution < -0.4 is 0 Å². The van der Waals surface area contributed by atoms with Crippen molar-refractivity contribution in [1.29, 1.82) is 0 Å². The Balaban J connectivity index is 5.70. The Morgan fingerprint density at radius 1 is 0.833 bits per heavy atom. The molecule has 0 fully saturated rings. The maximum atomic E-state index is 13.7. The second-order valence-electron chi connectivity index (χ2n) is 4.24. The molecule has 0 aromatic carbocycles. The fourth-order valence-electron chi connectivity index (χ4n) is 0.854. The summed E-state index contributed by atoms with van der Waals surface area (Å²) in [5.74, 6) is -7.11. The molecule has 1 atom stereocenters. The van der Waals surface area contributed by atoms with E-state index in [4.69, 9.17) is 0 Å². The van der Waals surface area contributed by atoms with E-state index in [2.05, 4.69) is 21.7 Å². The summed E-state index contributed by atoms with van der Waals surface area (Å²) in [6.45, 7) is 2.35. The van der Waals surface area contributed by atoms with E-state index < -0.39 is 51.8 Å². The minimum absolute atomic E-state index is 0.973. The highest BCUT2D eigenvalue weighted by molar-refractivity contribution is 8.23. The molecule has 0 heterocycles. The van der Waals surface area contributed by atoms with Crippen LogP contribution in [0.1, 0.15) is 13.8 Å². The molecule has 0 spiro atoms. The minimum atomic E-state index is -7.11. The summed E-state index contributed by atoms with van der Waals surface area (Å²) in [4.78, 5) is 0. The van der Waals surface area contributed by atoms with Crippen LogP contribution >= 0.6 is 24.0 Å². The standard InChI is InChI=1S/C9H7F11O2S2/c1-3(2)21-4(23)24-9(20,7(15,16)17)22-8(18,19)5(10,11)6(12,13)14/h3H,1-2H3. The first-order valence-electron chi connectivity index (χ1n) is 5.44. The summed E-state index contributed by atoms with van der Waals surface area (Å²) in [7, 11) is 0. The Bertz CT molecular complexity index is 459. The van der Waals surface area contributed by atoms with Crippen molar-refractivity contribution in [3.8, 4) is 0 Å². The zero-order valence-electron chi connectivity index (χ0n) is 11.4. The van der Waals surface area contributed by atoms with Crippen molar-refractivity contribution >= 4 is 28.4 Å². The van der Waals surface area contributed by atoms with Gasteiger partial charge in [0, 0.05) is 11.8 Å². The molecule has 24 heavy (non-hydrogen) atoms. The van der Waals surface area contributed by atoms with Gasteiger partial charge >= 0.3 is 29.6 Å². The molecule has 144 valence electrons. The van der Waals surface area contributed by atoms with Crippen molar-refractivity contribution in [1.82, 2.24) is 0 Å². The average molecular weight is 420 g/mol. The van der Waals surface area contributed by atoms with Crippen molar-refractivity contribution in [3.05, 3.63) is 0 Å². The molecule has 0 radical (unpaired) electrons. The third-order valence-electron chi connectivity index (χ3n) is 1.87. The molecular formula is C9H7F11O2S2. The summed E-state index contributed by atoms with van der Waals surface area (Å²) < 4.78 is 143. The second kappa shape index (κ2) is 6.97. The lowest BCUT2D eigenvalue weighted by Crippen LogP contribution is -2.58. The minimum Gasteiger partial charge on any atom is -0.476 e. The predicted octanol–water partition coefficient (Wildman–Crippen LogP) is 5.42. The zero-order valence-corrected chi connectivity index (χ0v) is 13.0. The molecule has 0 aromatic rings. The number of alkyl halides is 11. The number of hydrogen-bond donors (Lipinski definition) is 0. The summed E-state index contributed by atoms with van der Waals surface area (Å²) >= 11 is 2.62. The lowest BCUT2D eigenvalue weighted by atomic mass is 10.3. The van der Waals surface area contributed by atoms with E-state index in [1.54, 1.807) is 0 Å². The van der Waals surface area contributed by atoms with E-state index in [0.717, 1.165) is 0 Å². The van der Waals surface area contributed by atoms with Gasteiger partial charge in [0.2, 0.25) is 4.38 Å². The maximum Gasteiger partial charge on any atom is 0.462 e. The highest BCUT2D eigenvalue weighted by atomic mass is 32.2. The number of thioether (sulfide) groups is 1. The highest BCUT2D eigenvalue weighted by Crippen LogP contribution is 2.54. The van der Waals surface area contributed by atoms with Crippen LogP contribution in [0.25, 0.3) is 0 Å². The third kappa shape index (κ3) is 5.21. The van der Waals surface area contributed by atoms with Crippen molar-refractivity contribution in [2.45, 2.75) is 49.5 Å². The smallest absolute Gasteiger partial charge is 0.462 e. The van der Waals surface area contributed by atoms with Gasteiger partial charge in [0.1, 0.15) is 0 Å². The third-order valence-corrected chi connectivity index (χ3v) is 3.05. The Morgan fingerprint density at radius 3 is 1.54 bits per heavy atom. The number of rotatable bonds is 5. The van der Waals surface area contributed by atoms with Gasteiger partial charge in [-0.05, 0) is 26.1 Å². The SMILES string of the molecule is CC(C)OC(=S)SC(F)(OC(F)(F)C(F)(F)C(F)(F)F)C(F)(F)F. The van der Waals surface area contributed by atoms with Crippen molar-refractivity contribution in [2.24, 2.45) is 0 Å². The van der Waals surface area contributed by atoms with Crippen molar-refractivity contribution in [3.63, 3.8) is 0 Å². The Kier molecular flexibility index (Phi) is 6.81. The van der Waals surface area contributed by atoms with Crippen molar-refractivity contribution < 1.29 is 57.8 Å². The summed E-state index contributed by atoms with van der Waals surface area (Å²) in [5, 5.41) is -5.73. The van der Waals surface area contributed by atoms with E-state index in [9.17, 15) is 48.3 Å². The molecule has 0 aromatic heterocycles. The van der Waals surface area contributed by atoms with Crippen LogP contribution in [0.2, 0.25) is 0 Å². The van der Waals surface area contributed by atoms with E-state index in [1.165, 1.54) is 13.8 Å². The average Bonchev–Trinajstić information content (AvgIpc) is 2.22. The van der Waals surface area contributed by atoms with Gasteiger partial charge in [0.25, 0.3) is 0 Å². The molecular weight excluding hydrogens is 413 g/mol. The summed E-state index contributed by atoms with van der Waals surface area (Å²) in [5.41, 5.74) is 0. The molecule has 0 saturated heterocycles. The van der Waals surface area contributed by atoms with Crippen molar-refractivity contribution in [2.75, 3.05) is 0 Å². The maximum absolute atomic E-state index is 13.7. The molecule has 0 bridgehead atoms. The van der Waals surface area contributed by atoms with Crippen LogP contribution in [-0.2, 0) is 9.47 Å². The molecule has 0 aliphatic heterocycles. The Labute approximate surface area is 136 Å². The fourth-order valence-corrected chi connectivity index (χ4v) is 2.09. The molecule has 0 amide bonds. The van der Waals surface area contributed by atoms with Crippen LogP contribution in [0, 0.1) is 0 Å². The van der Waals surface area contributed by atoms with Crippen LogP contribution in [-0.4, -0.2) is 40.1 Å². The van der Waals surface area contributed by atoms with Gasteiger partial charge < -0.3 is 4.74 Å². The van der Waals surface area contributed by atoms with Gasteiger partial charge in [-0.15, -0.1) is 0 Å². The Morgan fingerprint density at radius 2 is 1.25 bits per heavy atom. The molecule has 0 aliphatic rings. The van der Waals surface area contributed by atoms with Crippen LogP contribution in [0.4, 0.5) is 48.3 Å². The van der Waals surface area contributed by atoms with Crippen LogP contribution in [0.3, 0.4) is 0 Å². The molecule has 1 unspecified atom stereocenters. The molecule has 2 nitrogen and oxygen atoms in total. The fraction of sp³-hybridized carbons (Fsp3) is 0.889. The normalized spacial score (nSPS) is 16.9. The first kappa shape index (κ1) is 23.4. The zero-order chi connectivity index (χ0) is 19.8. The van der Waals surface area contributed by atoms with E-state index >= 15 is 0 Å². The van der Waals surface area contributed by atoms with Gasteiger partial charge in [-0.2, -0.15) is 48.3 Å². The molecule has 0 saturated carbocycles. The Hall–Kier alpha value is -0.570. The first-order chi connectivity index (χ1) is 10.3. The number of halogens is 11. The summed E-state index contributed by atoms with van der Waals surface area (Å²) in [6.07, 6.45) is -21.3. The number of thiocarbonyl (C=S) groups is 1. The first-order valence-corrected chi connectivity index (χ1v) is 6.67. The van der Waals surface area contributed by atoms with E-state index in [0.29, 0.717) is 0 Å². The molecule has 0 N–H and O–H groups in total. The van der Waals surface area contributed by atoms with Gasteiger partial charge in [-0.3, -0.25) is 4.74 Å². The second-order valence-corrected chi connectivity index (χ2v) is 5.97. The lowest BCUT2D eigenvalue weighted by molar-refractivity contribution is -0.464. The number of hydrogen-bond acceptors (Lipinski definition) is 4.